The summed E-state index contributed by atoms with van der Waals surface area (Å²) < 4.78 is 0. The maximum atomic E-state index is 11.1. The first-order chi connectivity index (χ1) is 4.76. The number of Topliss-reactive ketones (excluding diaryl/α,β-unsaturated/α-hetero) is 1. The van der Waals surface area contributed by atoms with E-state index in [1.807, 2.05) is 0 Å². The third-order valence-electron chi connectivity index (χ3n) is 1.46. The molecule has 3 N–H and O–H groups in total. The van der Waals surface area contributed by atoms with Crippen molar-refractivity contribution in [1.82, 2.24) is 0 Å². The quantitative estimate of drug-likeness (QED) is 0.576. The fourth-order valence-electron chi connectivity index (χ4n) is 0.586. The van der Waals surface area contributed by atoms with E-state index < -0.39 is 11.6 Å². The van der Waals surface area contributed by atoms with Crippen LogP contribution >= 0.6 is 0 Å². The Bertz CT molecular complexity index is 179. The van der Waals surface area contributed by atoms with Crippen molar-refractivity contribution >= 4 is 5.78 Å². The molecule has 11 heavy (non-hydrogen) atoms. The van der Waals surface area contributed by atoms with Crippen LogP contribution in [0.2, 0.25) is 0 Å². The molecule has 0 radical (unpaired) electrons. The van der Waals surface area contributed by atoms with Crippen molar-refractivity contribution in [3.63, 3.8) is 0 Å². The van der Waals surface area contributed by atoms with Gasteiger partial charge in [-0.15, -0.1) is 0 Å². The van der Waals surface area contributed by atoms with Crippen LogP contribution < -0.4 is 5.73 Å². The predicted molar refractivity (Wildman–Crippen MR) is 44.1 cm³/mol. The number of nitrogens with two attached hydrogens (primary N) is 1. The Labute approximate surface area is 66.9 Å². The lowest BCUT2D eigenvalue weighted by Crippen LogP contribution is -2.49. The zero-order valence-electron chi connectivity index (χ0n) is 7.22. The van der Waals surface area contributed by atoms with E-state index in [1.54, 1.807) is 6.92 Å². The van der Waals surface area contributed by atoms with E-state index in [4.69, 9.17) is 5.73 Å². The molecule has 1 atom stereocenters. The lowest BCUT2D eigenvalue weighted by atomic mass is 9.93. The van der Waals surface area contributed by atoms with Crippen LogP contribution in [0.15, 0.2) is 12.2 Å². The number of ketones is 1. The van der Waals surface area contributed by atoms with Gasteiger partial charge in [0.05, 0.1) is 11.6 Å². The summed E-state index contributed by atoms with van der Waals surface area (Å²) in [5, 5.41) is 9.32. The third-order valence-corrected chi connectivity index (χ3v) is 1.46. The zero-order valence-corrected chi connectivity index (χ0v) is 7.22. The molecule has 0 aromatic carbocycles. The normalized spacial score (nSPS) is 14.3. The highest BCUT2D eigenvalue weighted by Gasteiger charge is 2.29. The smallest absolute Gasteiger partial charge is 0.177 e. The number of carbonyl (C=O) groups excluding carboxylic acids is 1. The molecule has 0 rings (SSSR count). The molecular formula is C8H15NO2. The minimum atomic E-state index is -1.17. The Kier molecular flexibility index (Phi) is 2.96. The third kappa shape index (κ3) is 2.82. The highest BCUT2D eigenvalue weighted by atomic mass is 16.3. The number of aliphatic hydroxyl groups is 1. The van der Waals surface area contributed by atoms with Crippen LogP contribution in [0.4, 0.5) is 0 Å². The van der Waals surface area contributed by atoms with Gasteiger partial charge >= 0.3 is 0 Å². The van der Waals surface area contributed by atoms with E-state index in [0.29, 0.717) is 5.57 Å². The molecule has 64 valence electrons. The molecule has 3 nitrogen and oxygen atoms in total. The first-order valence-electron chi connectivity index (χ1n) is 3.44. The van der Waals surface area contributed by atoms with Crippen molar-refractivity contribution in [3.05, 3.63) is 12.2 Å². The summed E-state index contributed by atoms with van der Waals surface area (Å²) >= 11 is 0. The fourth-order valence-corrected chi connectivity index (χ4v) is 0.586. The molecule has 1 unspecified atom stereocenters. The average Bonchev–Trinajstić information content (AvgIpc) is 1.82. The van der Waals surface area contributed by atoms with Crippen molar-refractivity contribution in [3.8, 4) is 0 Å². The summed E-state index contributed by atoms with van der Waals surface area (Å²) in [7, 11) is 0. The van der Waals surface area contributed by atoms with Crippen LogP contribution in [0.3, 0.4) is 0 Å². The summed E-state index contributed by atoms with van der Waals surface area (Å²) in [5.74, 6) is -0.294. The van der Waals surface area contributed by atoms with Gasteiger partial charge in [-0.25, -0.2) is 0 Å². The summed E-state index contributed by atoms with van der Waals surface area (Å²) in [4.78, 5) is 11.1. The van der Waals surface area contributed by atoms with Crippen molar-refractivity contribution < 1.29 is 9.90 Å². The van der Waals surface area contributed by atoms with Crippen molar-refractivity contribution in [2.75, 3.05) is 0 Å². The van der Waals surface area contributed by atoms with Gasteiger partial charge in [-0.3, -0.25) is 4.79 Å². The van der Waals surface area contributed by atoms with Gasteiger partial charge in [-0.1, -0.05) is 6.58 Å². The van der Waals surface area contributed by atoms with Gasteiger partial charge in [-0.05, 0) is 26.3 Å². The SMILES string of the molecule is C=C(C)C(=O)C(N)C(C)(C)O. The second-order valence-electron chi connectivity index (χ2n) is 3.28. The lowest BCUT2D eigenvalue weighted by molar-refractivity contribution is -0.121. The standard InChI is InChI=1S/C8H15NO2/c1-5(2)6(10)7(9)8(3,4)11/h7,11H,1,9H2,2-4H3. The molecule has 0 bridgehead atoms. The summed E-state index contributed by atoms with van der Waals surface area (Å²) in [5.41, 5.74) is 4.64. The summed E-state index contributed by atoms with van der Waals surface area (Å²) in [6, 6.07) is -0.875. The average molecular weight is 157 g/mol. The number of carbonyl (C=O) groups is 1. The Balaban J connectivity index is 4.38. The molecular weight excluding hydrogens is 142 g/mol. The van der Waals surface area contributed by atoms with Crippen molar-refractivity contribution in [2.45, 2.75) is 32.4 Å². The molecule has 0 saturated carbocycles. The molecule has 0 aromatic heterocycles. The van der Waals surface area contributed by atoms with E-state index in [1.165, 1.54) is 13.8 Å². The van der Waals surface area contributed by atoms with Crippen molar-refractivity contribution in [2.24, 2.45) is 5.73 Å². The number of hydrogen-bond acceptors (Lipinski definition) is 3. The largest absolute Gasteiger partial charge is 0.388 e. The number of rotatable bonds is 3. The molecule has 0 amide bonds. The summed E-state index contributed by atoms with van der Waals surface area (Å²) in [6.45, 7) is 8.02. The highest BCUT2D eigenvalue weighted by molar-refractivity contribution is 5.99. The Morgan fingerprint density at radius 3 is 2.09 bits per heavy atom. The molecule has 0 spiro atoms. The maximum absolute atomic E-state index is 11.1. The molecule has 0 saturated heterocycles. The number of hydrogen-bond donors (Lipinski definition) is 2. The molecule has 0 aromatic rings. The zero-order chi connectivity index (χ0) is 9.23. The lowest BCUT2D eigenvalue weighted by Gasteiger charge is -2.24. The van der Waals surface area contributed by atoms with Crippen LogP contribution in [0, 0.1) is 0 Å². The maximum Gasteiger partial charge on any atom is 0.177 e. The second kappa shape index (κ2) is 3.15. The molecule has 0 fully saturated rings. The predicted octanol–water partition coefficient (Wildman–Crippen LogP) is 0.230. The van der Waals surface area contributed by atoms with Gasteiger partial charge in [0.2, 0.25) is 0 Å². The van der Waals surface area contributed by atoms with Crippen LogP contribution in [-0.2, 0) is 4.79 Å². The Morgan fingerprint density at radius 2 is 2.00 bits per heavy atom. The van der Waals surface area contributed by atoms with Gasteiger partial charge in [0.25, 0.3) is 0 Å². The monoisotopic (exact) mass is 157 g/mol. The molecule has 0 aliphatic heterocycles. The van der Waals surface area contributed by atoms with Crippen LogP contribution in [0.5, 0.6) is 0 Å². The second-order valence-corrected chi connectivity index (χ2v) is 3.28. The highest BCUT2D eigenvalue weighted by Crippen LogP contribution is 2.09. The minimum absolute atomic E-state index is 0.294. The van der Waals surface area contributed by atoms with Crippen LogP contribution in [-0.4, -0.2) is 22.5 Å². The van der Waals surface area contributed by atoms with Gasteiger partial charge in [0, 0.05) is 0 Å². The van der Waals surface area contributed by atoms with E-state index in [0.717, 1.165) is 0 Å². The summed E-state index contributed by atoms with van der Waals surface area (Å²) in [6.07, 6.45) is 0. The molecule has 0 heterocycles. The van der Waals surface area contributed by atoms with E-state index in [2.05, 4.69) is 6.58 Å². The topological polar surface area (TPSA) is 63.3 Å². The van der Waals surface area contributed by atoms with Gasteiger partial charge in [0.15, 0.2) is 5.78 Å². The van der Waals surface area contributed by atoms with Crippen LogP contribution in [0.1, 0.15) is 20.8 Å². The van der Waals surface area contributed by atoms with Gasteiger partial charge < -0.3 is 10.8 Å². The van der Waals surface area contributed by atoms with Gasteiger partial charge in [0.1, 0.15) is 0 Å². The Hall–Kier alpha value is -0.670. The minimum Gasteiger partial charge on any atom is -0.388 e. The molecule has 0 aliphatic carbocycles. The van der Waals surface area contributed by atoms with Gasteiger partial charge in [-0.2, -0.15) is 0 Å². The molecule has 0 aliphatic rings. The Morgan fingerprint density at radius 1 is 1.64 bits per heavy atom. The van der Waals surface area contributed by atoms with E-state index in [-0.39, 0.29) is 5.78 Å². The van der Waals surface area contributed by atoms with E-state index in [9.17, 15) is 9.90 Å². The van der Waals surface area contributed by atoms with E-state index >= 15 is 0 Å². The first kappa shape index (κ1) is 10.3. The van der Waals surface area contributed by atoms with Crippen molar-refractivity contribution in [1.29, 1.82) is 0 Å². The van der Waals surface area contributed by atoms with Crippen LogP contribution in [0.25, 0.3) is 0 Å². The fraction of sp³-hybridized carbons (Fsp3) is 0.625. The first-order valence-corrected chi connectivity index (χ1v) is 3.44. The molecule has 3 heteroatoms.